The molecule has 3 aliphatic carbocycles. The number of aromatic hydroxyl groups is 1. The number of Topliss-reactive ketones (excluding diaryl/α,β-unsaturated/α-hetero) is 4. The Morgan fingerprint density at radius 2 is 1.79 bits per heavy atom. The number of ketones is 4. The van der Waals surface area contributed by atoms with E-state index in [1.807, 2.05) is 32.7 Å². The normalized spacial score (nSPS) is 30.6. The number of aliphatic hydroxyl groups is 1. The second-order valence-electron chi connectivity index (χ2n) is 12.2. The van der Waals surface area contributed by atoms with Crippen LogP contribution in [0.3, 0.4) is 0 Å². The van der Waals surface area contributed by atoms with E-state index in [-0.39, 0.29) is 29.5 Å². The third-order valence-electron chi connectivity index (χ3n) is 8.81. The van der Waals surface area contributed by atoms with Crippen molar-refractivity contribution >= 4 is 29.0 Å². The Balaban J connectivity index is 1.86. The molecule has 11 nitrogen and oxygen atoms in total. The van der Waals surface area contributed by atoms with E-state index in [1.54, 1.807) is 0 Å². The van der Waals surface area contributed by atoms with Gasteiger partial charge in [0.1, 0.15) is 5.75 Å². The first kappa shape index (κ1) is 28.5. The van der Waals surface area contributed by atoms with E-state index in [4.69, 9.17) is 5.73 Å². The Morgan fingerprint density at radius 3 is 2.31 bits per heavy atom. The molecule has 0 radical (unpaired) electrons. The predicted octanol–water partition coefficient (Wildman–Crippen LogP) is -0.0310. The summed E-state index contributed by atoms with van der Waals surface area (Å²) in [5.74, 6) is -11.2. The number of carbonyl (C=O) groups excluding carboxylic acids is 5. The van der Waals surface area contributed by atoms with Crippen molar-refractivity contribution in [2.45, 2.75) is 57.3 Å². The van der Waals surface area contributed by atoms with Crippen LogP contribution in [0.4, 0.5) is 0 Å². The van der Waals surface area contributed by atoms with Gasteiger partial charge in [-0.15, -0.1) is 0 Å². The average molecular weight is 539 g/mol. The molecule has 2 fully saturated rings. The smallest absolute Gasteiger partial charge is 0.235 e. The molecule has 6 atom stereocenters. The summed E-state index contributed by atoms with van der Waals surface area (Å²) in [6.45, 7) is 6.31. The summed E-state index contributed by atoms with van der Waals surface area (Å²) in [5, 5.41) is 32.7. The molecule has 39 heavy (non-hydrogen) atoms. The molecule has 0 aromatic heterocycles. The zero-order valence-corrected chi connectivity index (χ0v) is 22.9. The van der Waals surface area contributed by atoms with E-state index < -0.39 is 70.1 Å². The third-order valence-corrected chi connectivity index (χ3v) is 8.81. The number of fused-ring (bicyclic) bond motifs is 3. The number of amides is 1. The Hall–Kier alpha value is -3.46. The second-order valence-corrected chi connectivity index (χ2v) is 12.2. The monoisotopic (exact) mass is 538 g/mol. The van der Waals surface area contributed by atoms with E-state index in [1.165, 1.54) is 25.1 Å². The Morgan fingerprint density at radius 1 is 1.18 bits per heavy atom. The summed E-state index contributed by atoms with van der Waals surface area (Å²) in [5.41, 5.74) is 3.19. The molecule has 4 rings (SSSR count). The third kappa shape index (κ3) is 4.09. The first-order valence-corrected chi connectivity index (χ1v) is 12.8. The molecule has 3 aliphatic rings. The zero-order valence-electron chi connectivity index (χ0n) is 22.9. The summed E-state index contributed by atoms with van der Waals surface area (Å²) in [6, 6.07) is 2.33. The van der Waals surface area contributed by atoms with E-state index >= 15 is 0 Å². The molecule has 208 valence electrons. The average Bonchev–Trinajstić information content (AvgIpc) is 2.80. The van der Waals surface area contributed by atoms with Gasteiger partial charge in [-0.05, 0) is 77.9 Å². The minimum Gasteiger partial charge on any atom is -0.507 e. The van der Waals surface area contributed by atoms with Crippen molar-refractivity contribution in [2.24, 2.45) is 29.4 Å². The van der Waals surface area contributed by atoms with Crippen molar-refractivity contribution in [1.29, 1.82) is 5.26 Å². The van der Waals surface area contributed by atoms with Gasteiger partial charge in [-0.2, -0.15) is 5.26 Å². The zero-order chi connectivity index (χ0) is 29.4. The number of primary amides is 1. The fourth-order valence-electron chi connectivity index (χ4n) is 6.50. The lowest BCUT2D eigenvalue weighted by Gasteiger charge is -2.52. The highest BCUT2D eigenvalue weighted by atomic mass is 16.3. The summed E-state index contributed by atoms with van der Waals surface area (Å²) >= 11 is 0. The van der Waals surface area contributed by atoms with Gasteiger partial charge in [0.15, 0.2) is 34.7 Å². The van der Waals surface area contributed by atoms with Crippen LogP contribution in [0.5, 0.6) is 5.75 Å². The Bertz CT molecular complexity index is 1350. The van der Waals surface area contributed by atoms with Gasteiger partial charge in [-0.1, -0.05) is 0 Å². The highest BCUT2D eigenvalue weighted by Gasteiger charge is 2.69. The molecule has 1 amide bonds. The highest BCUT2D eigenvalue weighted by Crippen LogP contribution is 2.51. The SMILES string of the molecule is CN(C)[C@@H]1C(=O)C(C(N)=O)C(=O)[C@@]2(O)C(=O)C3C(=O)c4c(O)cc(CN(C)C(C)(C)C)c(C#N)c4C[C@H]3C[C@@H]12. The van der Waals surface area contributed by atoms with Crippen molar-refractivity contribution in [3.8, 4) is 11.8 Å². The van der Waals surface area contributed by atoms with Crippen LogP contribution in [0.2, 0.25) is 0 Å². The minimum atomic E-state index is -2.78. The predicted molar refractivity (Wildman–Crippen MR) is 137 cm³/mol. The van der Waals surface area contributed by atoms with E-state index in [0.717, 1.165) is 0 Å². The summed E-state index contributed by atoms with van der Waals surface area (Å²) in [6.07, 6.45) is -0.0169. The molecule has 0 bridgehead atoms. The van der Waals surface area contributed by atoms with E-state index in [9.17, 15) is 39.4 Å². The second kappa shape index (κ2) is 9.33. The van der Waals surface area contributed by atoms with Crippen molar-refractivity contribution in [1.82, 2.24) is 9.80 Å². The lowest BCUT2D eigenvalue weighted by molar-refractivity contribution is -0.181. The number of carbonyl (C=O) groups is 5. The lowest BCUT2D eigenvalue weighted by atomic mass is 9.52. The van der Waals surface area contributed by atoms with Gasteiger partial charge >= 0.3 is 0 Å². The maximum Gasteiger partial charge on any atom is 0.235 e. The van der Waals surface area contributed by atoms with Crippen molar-refractivity contribution < 1.29 is 34.2 Å². The van der Waals surface area contributed by atoms with Gasteiger partial charge in [-0.25, -0.2) is 0 Å². The fourth-order valence-corrected chi connectivity index (χ4v) is 6.50. The molecule has 11 heteroatoms. The van der Waals surface area contributed by atoms with Crippen molar-refractivity contribution in [3.63, 3.8) is 0 Å². The van der Waals surface area contributed by atoms with E-state index in [2.05, 4.69) is 6.07 Å². The molecule has 4 N–H and O–H groups in total. The molecule has 0 saturated heterocycles. The van der Waals surface area contributed by atoms with Gasteiger partial charge < -0.3 is 15.9 Å². The number of nitrogens with zero attached hydrogens (tertiary/aromatic N) is 3. The van der Waals surface area contributed by atoms with Crippen LogP contribution in [0, 0.1) is 35.0 Å². The molecular weight excluding hydrogens is 504 g/mol. The number of likely N-dealkylation sites (N-methyl/N-ethyl adjacent to an activating group) is 1. The number of hydrogen-bond acceptors (Lipinski definition) is 10. The van der Waals surface area contributed by atoms with Crippen LogP contribution >= 0.6 is 0 Å². The molecular formula is C28H34N4O7. The van der Waals surface area contributed by atoms with Crippen LogP contribution in [-0.2, 0) is 32.1 Å². The summed E-state index contributed by atoms with van der Waals surface area (Å²) < 4.78 is 0. The maximum absolute atomic E-state index is 13.9. The van der Waals surface area contributed by atoms with E-state index in [0.29, 0.717) is 17.7 Å². The molecule has 1 aromatic carbocycles. The minimum absolute atomic E-state index is 0.0510. The number of nitrogens with two attached hydrogens (primary N) is 1. The number of phenolic OH excluding ortho intramolecular Hbond substituents is 1. The quantitative estimate of drug-likeness (QED) is 0.440. The molecule has 1 aromatic rings. The van der Waals surface area contributed by atoms with Crippen LogP contribution < -0.4 is 5.73 Å². The summed E-state index contributed by atoms with van der Waals surface area (Å²) in [7, 11) is 4.92. The number of benzene rings is 1. The largest absolute Gasteiger partial charge is 0.507 e. The molecule has 0 spiro atoms. The molecule has 0 heterocycles. The van der Waals surface area contributed by atoms with Gasteiger partial charge in [0.05, 0.1) is 29.2 Å². The Kier molecular flexibility index (Phi) is 6.83. The van der Waals surface area contributed by atoms with Gasteiger partial charge in [0, 0.05) is 18.0 Å². The van der Waals surface area contributed by atoms with Crippen LogP contribution in [0.1, 0.15) is 54.2 Å². The lowest BCUT2D eigenvalue weighted by Crippen LogP contribution is -2.74. The molecule has 2 unspecified atom stereocenters. The Labute approximate surface area is 226 Å². The number of hydrogen-bond donors (Lipinski definition) is 3. The van der Waals surface area contributed by atoms with Crippen LogP contribution in [0.25, 0.3) is 0 Å². The van der Waals surface area contributed by atoms with Gasteiger partial charge in [0.25, 0.3) is 0 Å². The number of nitriles is 1. The van der Waals surface area contributed by atoms with Crippen LogP contribution in [0.15, 0.2) is 6.07 Å². The first-order valence-electron chi connectivity index (χ1n) is 12.8. The summed E-state index contributed by atoms with van der Waals surface area (Å²) in [4.78, 5) is 69.6. The fraction of sp³-hybridized carbons (Fsp3) is 0.571. The highest BCUT2D eigenvalue weighted by molar-refractivity contribution is 6.32. The van der Waals surface area contributed by atoms with Crippen molar-refractivity contribution in [3.05, 3.63) is 28.3 Å². The number of phenols is 1. The molecule has 2 saturated carbocycles. The topological polar surface area (TPSA) is 182 Å². The van der Waals surface area contributed by atoms with Crippen LogP contribution in [-0.4, -0.2) is 87.4 Å². The first-order chi connectivity index (χ1) is 18.0. The standard InChI is InChI=1S/C28H34N4O7/c1-27(2,3)32(6)11-13-9-17(33)19-14(15(13)10-29)7-12-8-16-21(31(4)5)23(35)20(26(30)38)25(37)28(16,39)24(36)18(12)22(19)34/h9,12,16,18,20-21,33,39H,7-8,11H2,1-6H3,(H2,30,38)/t12-,16-,18?,20?,21-,28-/m0/s1. The van der Waals surface area contributed by atoms with Crippen molar-refractivity contribution in [2.75, 3.05) is 21.1 Å². The van der Waals surface area contributed by atoms with Gasteiger partial charge in [-0.3, -0.25) is 33.8 Å². The number of rotatable bonds is 4. The molecule has 0 aliphatic heterocycles. The van der Waals surface area contributed by atoms with Gasteiger partial charge in [0.2, 0.25) is 5.91 Å². The maximum atomic E-state index is 13.9.